The third-order valence-electron chi connectivity index (χ3n) is 3.38. The lowest BCUT2D eigenvalue weighted by Gasteiger charge is -2.20. The molecule has 1 nitrogen and oxygen atoms in total. The first kappa shape index (κ1) is 16.2. The molecule has 2 heteroatoms. The lowest BCUT2D eigenvalue weighted by Crippen LogP contribution is -2.22. The fourth-order valence-corrected chi connectivity index (χ4v) is 2.40. The van der Waals surface area contributed by atoms with Crippen molar-refractivity contribution in [3.05, 3.63) is 35.1 Å². The second-order valence-corrected chi connectivity index (χ2v) is 5.89. The Morgan fingerprint density at radius 3 is 2.47 bits per heavy atom. The minimum atomic E-state index is -0.123. The van der Waals surface area contributed by atoms with Gasteiger partial charge in [-0.2, -0.15) is 0 Å². The van der Waals surface area contributed by atoms with Crippen LogP contribution in [0.25, 0.3) is 0 Å². The van der Waals surface area contributed by atoms with Crippen LogP contribution in [-0.4, -0.2) is 6.54 Å². The number of halogens is 1. The summed E-state index contributed by atoms with van der Waals surface area (Å²) < 4.78 is 13.5. The van der Waals surface area contributed by atoms with E-state index in [1.54, 1.807) is 12.1 Å². The van der Waals surface area contributed by atoms with Crippen LogP contribution in [0.1, 0.15) is 63.6 Å². The molecule has 0 saturated carbocycles. The van der Waals surface area contributed by atoms with Gasteiger partial charge in [0.1, 0.15) is 5.82 Å². The number of nitrogens with one attached hydrogen (secondary N) is 1. The van der Waals surface area contributed by atoms with Gasteiger partial charge < -0.3 is 5.32 Å². The van der Waals surface area contributed by atoms with E-state index in [1.165, 1.54) is 12.8 Å². The Morgan fingerprint density at radius 1 is 1.16 bits per heavy atom. The number of hydrogen-bond donors (Lipinski definition) is 1. The van der Waals surface area contributed by atoms with Gasteiger partial charge in [0.15, 0.2) is 0 Å². The Balaban J connectivity index is 2.71. The summed E-state index contributed by atoms with van der Waals surface area (Å²) in [6.45, 7) is 9.61. The molecule has 0 spiro atoms. The average Bonchev–Trinajstić information content (AvgIpc) is 2.31. The van der Waals surface area contributed by atoms with E-state index in [9.17, 15) is 4.39 Å². The van der Waals surface area contributed by atoms with Crippen LogP contribution in [0, 0.1) is 18.7 Å². The zero-order valence-electron chi connectivity index (χ0n) is 12.8. The van der Waals surface area contributed by atoms with Gasteiger partial charge in [-0.3, -0.25) is 0 Å². The molecule has 0 heterocycles. The Morgan fingerprint density at radius 2 is 1.89 bits per heavy atom. The van der Waals surface area contributed by atoms with Gasteiger partial charge in [-0.1, -0.05) is 39.7 Å². The van der Waals surface area contributed by atoms with Gasteiger partial charge in [-0.05, 0) is 55.5 Å². The van der Waals surface area contributed by atoms with Crippen molar-refractivity contribution < 1.29 is 4.39 Å². The lowest BCUT2D eigenvalue weighted by molar-refractivity contribution is 0.446. The Bertz CT molecular complexity index is 353. The van der Waals surface area contributed by atoms with Crippen molar-refractivity contribution in [1.82, 2.24) is 5.32 Å². The molecule has 1 N–H and O–H groups in total. The molecule has 0 saturated heterocycles. The molecule has 1 aromatic carbocycles. The van der Waals surface area contributed by atoms with E-state index < -0.39 is 0 Å². The summed E-state index contributed by atoms with van der Waals surface area (Å²) in [5, 5.41) is 3.55. The molecule has 0 fully saturated rings. The number of rotatable bonds is 8. The van der Waals surface area contributed by atoms with E-state index in [1.807, 2.05) is 6.92 Å². The quantitative estimate of drug-likeness (QED) is 0.697. The highest BCUT2D eigenvalue weighted by Gasteiger charge is 2.12. The number of aryl methyl sites for hydroxylation is 1. The fourth-order valence-electron chi connectivity index (χ4n) is 2.40. The molecule has 0 aliphatic rings. The lowest BCUT2D eigenvalue weighted by atomic mass is 9.96. The molecule has 0 radical (unpaired) electrons. The van der Waals surface area contributed by atoms with Crippen molar-refractivity contribution in [1.29, 1.82) is 0 Å². The molecule has 0 bridgehead atoms. The standard InChI is InChI=1S/C17H28FN/c1-5-9-19-17(8-6-7-13(2)3)15-10-14(4)11-16(18)12-15/h10-13,17,19H,5-9H2,1-4H3. The van der Waals surface area contributed by atoms with E-state index in [2.05, 4.69) is 32.2 Å². The Kier molecular flexibility index (Phi) is 7.07. The first-order valence-corrected chi connectivity index (χ1v) is 7.53. The SMILES string of the molecule is CCCNC(CCCC(C)C)c1cc(C)cc(F)c1. The van der Waals surface area contributed by atoms with E-state index in [0.717, 1.165) is 36.4 Å². The zero-order valence-corrected chi connectivity index (χ0v) is 12.8. The smallest absolute Gasteiger partial charge is 0.123 e. The topological polar surface area (TPSA) is 12.0 Å². The molecule has 1 atom stereocenters. The molecular weight excluding hydrogens is 237 g/mol. The van der Waals surface area contributed by atoms with Gasteiger partial charge in [0, 0.05) is 6.04 Å². The van der Waals surface area contributed by atoms with Crippen molar-refractivity contribution in [3.63, 3.8) is 0 Å². The molecule has 0 aromatic heterocycles. The average molecular weight is 265 g/mol. The van der Waals surface area contributed by atoms with Crippen LogP contribution in [0.5, 0.6) is 0 Å². The molecule has 0 aliphatic carbocycles. The van der Waals surface area contributed by atoms with Crippen LogP contribution < -0.4 is 5.32 Å². The maximum atomic E-state index is 13.5. The maximum absolute atomic E-state index is 13.5. The highest BCUT2D eigenvalue weighted by Crippen LogP contribution is 2.23. The number of benzene rings is 1. The molecule has 1 rings (SSSR count). The van der Waals surface area contributed by atoms with Gasteiger partial charge >= 0.3 is 0 Å². The van der Waals surface area contributed by atoms with E-state index in [0.29, 0.717) is 0 Å². The summed E-state index contributed by atoms with van der Waals surface area (Å²) in [6, 6.07) is 5.66. The van der Waals surface area contributed by atoms with Crippen molar-refractivity contribution in [2.45, 2.75) is 59.4 Å². The normalized spacial score (nSPS) is 12.9. The van der Waals surface area contributed by atoms with Gasteiger partial charge in [-0.15, -0.1) is 0 Å². The molecule has 1 aromatic rings. The van der Waals surface area contributed by atoms with Crippen molar-refractivity contribution in [2.24, 2.45) is 5.92 Å². The summed E-state index contributed by atoms with van der Waals surface area (Å²) in [7, 11) is 0. The Labute approximate surface area is 117 Å². The van der Waals surface area contributed by atoms with Gasteiger partial charge in [0.2, 0.25) is 0 Å². The van der Waals surface area contributed by atoms with Crippen LogP contribution in [-0.2, 0) is 0 Å². The molecule has 1 unspecified atom stereocenters. The zero-order chi connectivity index (χ0) is 14.3. The van der Waals surface area contributed by atoms with Crippen LogP contribution in [0.4, 0.5) is 4.39 Å². The van der Waals surface area contributed by atoms with Crippen molar-refractivity contribution >= 4 is 0 Å². The summed E-state index contributed by atoms with van der Waals surface area (Å²) in [5.41, 5.74) is 2.09. The van der Waals surface area contributed by atoms with Crippen LogP contribution in [0.3, 0.4) is 0 Å². The first-order valence-electron chi connectivity index (χ1n) is 7.53. The van der Waals surface area contributed by atoms with Gasteiger partial charge in [0.25, 0.3) is 0 Å². The first-order chi connectivity index (χ1) is 9.02. The highest BCUT2D eigenvalue weighted by molar-refractivity contribution is 5.26. The molecule has 0 amide bonds. The predicted octanol–water partition coefficient (Wildman–Crippen LogP) is 5.00. The summed E-state index contributed by atoms with van der Waals surface area (Å²) in [5.74, 6) is 0.614. The van der Waals surface area contributed by atoms with E-state index >= 15 is 0 Å². The van der Waals surface area contributed by atoms with Gasteiger partial charge in [0.05, 0.1) is 0 Å². The summed E-state index contributed by atoms with van der Waals surface area (Å²) >= 11 is 0. The van der Waals surface area contributed by atoms with Crippen molar-refractivity contribution in [2.75, 3.05) is 6.54 Å². The maximum Gasteiger partial charge on any atom is 0.123 e. The largest absolute Gasteiger partial charge is 0.310 e. The minimum absolute atomic E-state index is 0.123. The fraction of sp³-hybridized carbons (Fsp3) is 0.647. The van der Waals surface area contributed by atoms with E-state index in [4.69, 9.17) is 0 Å². The second-order valence-electron chi connectivity index (χ2n) is 5.89. The highest BCUT2D eigenvalue weighted by atomic mass is 19.1. The van der Waals surface area contributed by atoms with Crippen molar-refractivity contribution in [3.8, 4) is 0 Å². The van der Waals surface area contributed by atoms with Crippen LogP contribution in [0.15, 0.2) is 18.2 Å². The summed E-state index contributed by atoms with van der Waals surface area (Å²) in [6.07, 6.45) is 4.61. The molecule has 108 valence electrons. The van der Waals surface area contributed by atoms with E-state index in [-0.39, 0.29) is 11.9 Å². The molecule has 19 heavy (non-hydrogen) atoms. The van der Waals surface area contributed by atoms with Crippen LogP contribution >= 0.6 is 0 Å². The molecule has 0 aliphatic heterocycles. The summed E-state index contributed by atoms with van der Waals surface area (Å²) in [4.78, 5) is 0. The number of hydrogen-bond acceptors (Lipinski definition) is 1. The van der Waals surface area contributed by atoms with Gasteiger partial charge in [-0.25, -0.2) is 4.39 Å². The van der Waals surface area contributed by atoms with Crippen LogP contribution in [0.2, 0.25) is 0 Å². The monoisotopic (exact) mass is 265 g/mol. The Hall–Kier alpha value is -0.890. The third kappa shape index (κ3) is 6.20. The second kappa shape index (κ2) is 8.31. The third-order valence-corrected chi connectivity index (χ3v) is 3.38. The minimum Gasteiger partial charge on any atom is -0.310 e. The predicted molar refractivity (Wildman–Crippen MR) is 80.9 cm³/mol. The molecular formula is C17H28FN.